The van der Waals surface area contributed by atoms with E-state index in [2.05, 4.69) is 12.2 Å². The second-order valence-electron chi connectivity index (χ2n) is 8.53. The van der Waals surface area contributed by atoms with Gasteiger partial charge in [0.15, 0.2) is 0 Å². The van der Waals surface area contributed by atoms with Crippen LogP contribution in [0.3, 0.4) is 0 Å². The number of aryl methyl sites for hydroxylation is 1. The highest BCUT2D eigenvalue weighted by Crippen LogP contribution is 2.44. The Morgan fingerprint density at radius 3 is 2.41 bits per heavy atom. The molecule has 4 heteroatoms. The van der Waals surface area contributed by atoms with E-state index in [0.717, 1.165) is 47.9 Å². The zero-order valence-electron chi connectivity index (χ0n) is 17.1. The van der Waals surface area contributed by atoms with Crippen LogP contribution in [0.1, 0.15) is 56.6 Å². The molecule has 1 fully saturated rings. The van der Waals surface area contributed by atoms with Crippen molar-refractivity contribution in [3.8, 4) is 11.1 Å². The van der Waals surface area contributed by atoms with Crippen LogP contribution in [-0.2, 0) is 4.79 Å². The quantitative estimate of drug-likeness (QED) is 0.610. The van der Waals surface area contributed by atoms with Gasteiger partial charge in [-0.05, 0) is 79.0 Å². The zero-order valence-corrected chi connectivity index (χ0v) is 17.9. The maximum Gasteiger partial charge on any atom is 0.256 e. The Bertz CT molecular complexity index is 953. The summed E-state index contributed by atoms with van der Waals surface area (Å²) in [5, 5.41) is 15.0. The van der Waals surface area contributed by atoms with Crippen LogP contribution in [0, 0.1) is 12.8 Å². The Morgan fingerprint density at radius 2 is 1.76 bits per heavy atom. The smallest absolute Gasteiger partial charge is 0.256 e. The van der Waals surface area contributed by atoms with E-state index in [0.29, 0.717) is 16.5 Å². The molecule has 0 bridgehead atoms. The normalized spacial score (nSPS) is 24.2. The summed E-state index contributed by atoms with van der Waals surface area (Å²) >= 11 is 6.02. The molecule has 1 saturated carbocycles. The SMILES string of the molecule is CCCC1CCC2(CC1)NC(=O)C(c1cc(-c3ccc(Cl)cc3)ccc1C)=C2O. The van der Waals surface area contributed by atoms with Crippen LogP contribution < -0.4 is 5.32 Å². The van der Waals surface area contributed by atoms with Gasteiger partial charge in [0, 0.05) is 5.02 Å². The topological polar surface area (TPSA) is 49.3 Å². The molecule has 152 valence electrons. The van der Waals surface area contributed by atoms with Crippen LogP contribution in [0.25, 0.3) is 16.7 Å². The van der Waals surface area contributed by atoms with Gasteiger partial charge in [0.1, 0.15) is 5.76 Å². The summed E-state index contributed by atoms with van der Waals surface area (Å²) in [5.74, 6) is 0.774. The average molecular weight is 410 g/mol. The molecule has 3 nitrogen and oxygen atoms in total. The lowest BCUT2D eigenvalue weighted by atomic mass is 9.74. The van der Waals surface area contributed by atoms with Crippen molar-refractivity contribution in [2.75, 3.05) is 0 Å². The van der Waals surface area contributed by atoms with Crippen molar-refractivity contribution in [2.24, 2.45) is 5.92 Å². The van der Waals surface area contributed by atoms with Gasteiger partial charge >= 0.3 is 0 Å². The highest BCUT2D eigenvalue weighted by atomic mass is 35.5. The van der Waals surface area contributed by atoms with E-state index in [1.165, 1.54) is 12.8 Å². The van der Waals surface area contributed by atoms with E-state index in [1.54, 1.807) is 0 Å². The molecule has 2 aliphatic rings. The van der Waals surface area contributed by atoms with Gasteiger partial charge in [-0.2, -0.15) is 0 Å². The summed E-state index contributed by atoms with van der Waals surface area (Å²) in [6, 6.07) is 13.7. The third-order valence-corrected chi connectivity index (χ3v) is 6.86. The van der Waals surface area contributed by atoms with Crippen molar-refractivity contribution < 1.29 is 9.90 Å². The highest BCUT2D eigenvalue weighted by Gasteiger charge is 2.47. The molecular weight excluding hydrogens is 382 g/mol. The van der Waals surface area contributed by atoms with Crippen molar-refractivity contribution in [3.05, 3.63) is 64.4 Å². The van der Waals surface area contributed by atoms with Crippen LogP contribution in [0.4, 0.5) is 0 Å². The van der Waals surface area contributed by atoms with E-state index in [9.17, 15) is 9.90 Å². The Morgan fingerprint density at radius 1 is 1.10 bits per heavy atom. The molecule has 2 aromatic carbocycles. The van der Waals surface area contributed by atoms with E-state index in [-0.39, 0.29) is 11.7 Å². The fraction of sp³-hybridized carbons (Fsp3) is 0.400. The lowest BCUT2D eigenvalue weighted by molar-refractivity contribution is -0.116. The predicted octanol–water partition coefficient (Wildman–Crippen LogP) is 6.44. The molecule has 2 aromatic rings. The second-order valence-corrected chi connectivity index (χ2v) is 8.96. The first-order chi connectivity index (χ1) is 13.9. The largest absolute Gasteiger partial charge is 0.509 e. The lowest BCUT2D eigenvalue weighted by Gasteiger charge is -2.37. The van der Waals surface area contributed by atoms with Gasteiger partial charge in [-0.15, -0.1) is 0 Å². The van der Waals surface area contributed by atoms with Crippen LogP contribution in [0.2, 0.25) is 5.02 Å². The number of carbonyl (C=O) groups is 1. The van der Waals surface area contributed by atoms with Gasteiger partial charge in [-0.25, -0.2) is 0 Å². The Kier molecular flexibility index (Phi) is 5.44. The summed E-state index contributed by atoms with van der Waals surface area (Å²) < 4.78 is 0. The number of aliphatic hydroxyl groups is 1. The van der Waals surface area contributed by atoms with Gasteiger partial charge in [-0.1, -0.05) is 55.6 Å². The number of benzene rings is 2. The van der Waals surface area contributed by atoms with E-state index in [1.807, 2.05) is 49.4 Å². The lowest BCUT2D eigenvalue weighted by Crippen LogP contribution is -2.47. The monoisotopic (exact) mass is 409 g/mol. The van der Waals surface area contributed by atoms with E-state index < -0.39 is 5.54 Å². The number of hydrogen-bond acceptors (Lipinski definition) is 2. The Labute approximate surface area is 177 Å². The predicted molar refractivity (Wildman–Crippen MR) is 119 cm³/mol. The number of carbonyl (C=O) groups excluding carboxylic acids is 1. The van der Waals surface area contributed by atoms with Crippen LogP contribution in [0.5, 0.6) is 0 Å². The van der Waals surface area contributed by atoms with Crippen molar-refractivity contribution >= 4 is 23.1 Å². The minimum absolute atomic E-state index is 0.159. The summed E-state index contributed by atoms with van der Waals surface area (Å²) in [5.41, 5.74) is 3.68. The molecule has 1 aliphatic heterocycles. The third-order valence-electron chi connectivity index (χ3n) is 6.61. The molecule has 0 atom stereocenters. The molecular formula is C25H28ClNO2. The molecule has 29 heavy (non-hydrogen) atoms. The van der Waals surface area contributed by atoms with Crippen LogP contribution in [0.15, 0.2) is 48.2 Å². The third kappa shape index (κ3) is 3.69. The highest BCUT2D eigenvalue weighted by molar-refractivity contribution is 6.30. The van der Waals surface area contributed by atoms with Gasteiger partial charge in [0.05, 0.1) is 11.1 Å². The molecule has 1 heterocycles. The first-order valence-corrected chi connectivity index (χ1v) is 10.9. The first kappa shape index (κ1) is 20.0. The van der Waals surface area contributed by atoms with Crippen molar-refractivity contribution in [2.45, 2.75) is 57.9 Å². The maximum absolute atomic E-state index is 13.0. The Balaban J connectivity index is 1.70. The minimum Gasteiger partial charge on any atom is -0.509 e. The molecule has 1 amide bonds. The minimum atomic E-state index is -0.584. The van der Waals surface area contributed by atoms with Crippen molar-refractivity contribution in [1.82, 2.24) is 5.32 Å². The molecule has 0 unspecified atom stereocenters. The molecule has 2 N–H and O–H groups in total. The van der Waals surface area contributed by atoms with Crippen molar-refractivity contribution in [3.63, 3.8) is 0 Å². The maximum atomic E-state index is 13.0. The van der Waals surface area contributed by atoms with Gasteiger partial charge < -0.3 is 10.4 Å². The molecule has 1 aliphatic carbocycles. The van der Waals surface area contributed by atoms with Gasteiger partial charge in [0.2, 0.25) is 0 Å². The number of aliphatic hydroxyl groups excluding tert-OH is 1. The van der Waals surface area contributed by atoms with E-state index >= 15 is 0 Å². The van der Waals surface area contributed by atoms with Gasteiger partial charge in [-0.3, -0.25) is 4.79 Å². The number of nitrogens with one attached hydrogen (secondary N) is 1. The van der Waals surface area contributed by atoms with E-state index in [4.69, 9.17) is 11.6 Å². The summed E-state index contributed by atoms with van der Waals surface area (Å²) in [7, 11) is 0. The molecule has 4 rings (SSSR count). The zero-order chi connectivity index (χ0) is 20.6. The standard InChI is InChI=1S/C25H28ClNO2/c1-3-4-17-11-13-25(14-12-17)23(28)22(24(29)27-25)21-15-19(6-5-16(21)2)18-7-9-20(26)10-8-18/h5-10,15,17,28H,3-4,11-14H2,1-2H3,(H,27,29). The van der Waals surface area contributed by atoms with Crippen molar-refractivity contribution in [1.29, 1.82) is 0 Å². The molecule has 0 saturated heterocycles. The van der Waals surface area contributed by atoms with Gasteiger partial charge in [0.25, 0.3) is 5.91 Å². The fourth-order valence-electron chi connectivity index (χ4n) is 4.88. The average Bonchev–Trinajstić information content (AvgIpc) is 2.95. The molecule has 1 spiro atoms. The summed E-state index contributed by atoms with van der Waals surface area (Å²) in [6.45, 7) is 4.20. The fourth-order valence-corrected chi connectivity index (χ4v) is 5.00. The number of amides is 1. The summed E-state index contributed by atoms with van der Waals surface area (Å²) in [4.78, 5) is 13.0. The molecule has 0 radical (unpaired) electrons. The second kappa shape index (κ2) is 7.87. The van der Waals surface area contributed by atoms with Crippen LogP contribution >= 0.6 is 11.6 Å². The molecule has 0 aromatic heterocycles. The Hall–Kier alpha value is -2.26. The number of hydrogen-bond donors (Lipinski definition) is 2. The number of halogens is 1. The summed E-state index contributed by atoms with van der Waals surface area (Å²) in [6.07, 6.45) is 6.14. The first-order valence-electron chi connectivity index (χ1n) is 10.6. The number of rotatable bonds is 4. The van der Waals surface area contributed by atoms with Crippen LogP contribution in [-0.4, -0.2) is 16.6 Å².